The zero-order valence-corrected chi connectivity index (χ0v) is 17.5. The summed E-state index contributed by atoms with van der Waals surface area (Å²) >= 11 is 0. The number of amides is 1. The van der Waals surface area contributed by atoms with Crippen LogP contribution in [0.15, 0.2) is 56.6 Å². The molecule has 0 saturated heterocycles. The summed E-state index contributed by atoms with van der Waals surface area (Å²) in [5.74, 6) is -1.84. The van der Waals surface area contributed by atoms with E-state index in [1.807, 2.05) is 0 Å². The van der Waals surface area contributed by atoms with Crippen molar-refractivity contribution in [3.63, 3.8) is 0 Å². The minimum Gasteiger partial charge on any atom is -0.408 e. The minimum absolute atomic E-state index is 0.124. The van der Waals surface area contributed by atoms with Crippen molar-refractivity contribution in [2.24, 2.45) is 13.0 Å². The predicted octanol–water partition coefficient (Wildman–Crippen LogP) is 1.89. The van der Waals surface area contributed by atoms with Crippen molar-refractivity contribution in [3.8, 4) is 0 Å². The molecular formula is C20H22FN3O5S. The molecule has 0 aliphatic rings. The summed E-state index contributed by atoms with van der Waals surface area (Å²) in [5.41, 5.74) is 1.27. The van der Waals surface area contributed by atoms with E-state index in [1.165, 1.54) is 54.1 Å². The maximum Gasteiger partial charge on any atom is 0.419 e. The van der Waals surface area contributed by atoms with E-state index in [4.69, 9.17) is 4.42 Å². The molecule has 1 atom stereocenters. The summed E-state index contributed by atoms with van der Waals surface area (Å²) < 4.78 is 47.4. The Morgan fingerprint density at radius 1 is 1.17 bits per heavy atom. The Labute approximate surface area is 172 Å². The van der Waals surface area contributed by atoms with Crippen LogP contribution in [0.2, 0.25) is 0 Å². The lowest BCUT2D eigenvalue weighted by Crippen LogP contribution is -2.49. The van der Waals surface area contributed by atoms with Crippen LogP contribution in [0.4, 0.5) is 4.39 Å². The zero-order valence-electron chi connectivity index (χ0n) is 16.7. The smallest absolute Gasteiger partial charge is 0.408 e. The van der Waals surface area contributed by atoms with Crippen LogP contribution in [-0.4, -0.2) is 24.9 Å². The van der Waals surface area contributed by atoms with Crippen LogP contribution < -0.4 is 15.8 Å². The Morgan fingerprint density at radius 2 is 1.83 bits per heavy atom. The lowest BCUT2D eigenvalue weighted by atomic mass is 10.0. The van der Waals surface area contributed by atoms with Gasteiger partial charge in [0, 0.05) is 19.7 Å². The third kappa shape index (κ3) is 4.60. The Morgan fingerprint density at radius 3 is 2.47 bits per heavy atom. The summed E-state index contributed by atoms with van der Waals surface area (Å²) in [4.78, 5) is 24.1. The van der Waals surface area contributed by atoms with E-state index in [9.17, 15) is 22.4 Å². The number of halogens is 1. The summed E-state index contributed by atoms with van der Waals surface area (Å²) in [7, 11) is -2.55. The van der Waals surface area contributed by atoms with Crippen molar-refractivity contribution < 1.29 is 22.0 Å². The van der Waals surface area contributed by atoms with E-state index in [1.54, 1.807) is 13.8 Å². The number of aromatic nitrogens is 1. The highest BCUT2D eigenvalue weighted by atomic mass is 32.2. The van der Waals surface area contributed by atoms with E-state index in [-0.39, 0.29) is 28.8 Å². The molecule has 30 heavy (non-hydrogen) atoms. The molecule has 1 heterocycles. The fourth-order valence-electron chi connectivity index (χ4n) is 2.91. The van der Waals surface area contributed by atoms with Crippen molar-refractivity contribution in [2.75, 3.05) is 0 Å². The van der Waals surface area contributed by atoms with Crippen molar-refractivity contribution in [1.82, 2.24) is 14.6 Å². The van der Waals surface area contributed by atoms with Gasteiger partial charge in [-0.1, -0.05) is 26.0 Å². The number of fused-ring (bicyclic) bond motifs is 1. The molecule has 1 amide bonds. The molecule has 0 bridgehead atoms. The second-order valence-electron chi connectivity index (χ2n) is 7.24. The second-order valence-corrected chi connectivity index (χ2v) is 8.96. The van der Waals surface area contributed by atoms with Gasteiger partial charge in [-0.15, -0.1) is 0 Å². The summed E-state index contributed by atoms with van der Waals surface area (Å²) in [6.45, 7) is 3.55. The van der Waals surface area contributed by atoms with E-state index in [0.29, 0.717) is 11.1 Å². The van der Waals surface area contributed by atoms with Gasteiger partial charge in [-0.2, -0.15) is 4.72 Å². The van der Waals surface area contributed by atoms with E-state index in [0.717, 1.165) is 0 Å². The average molecular weight is 435 g/mol. The molecule has 0 saturated carbocycles. The molecule has 0 spiro atoms. The molecule has 0 radical (unpaired) electrons. The molecule has 2 aromatic carbocycles. The summed E-state index contributed by atoms with van der Waals surface area (Å²) in [6, 6.07) is 8.65. The van der Waals surface area contributed by atoms with E-state index < -0.39 is 27.7 Å². The summed E-state index contributed by atoms with van der Waals surface area (Å²) in [5, 5.41) is 2.66. The van der Waals surface area contributed by atoms with Gasteiger partial charge in [-0.3, -0.25) is 9.36 Å². The van der Waals surface area contributed by atoms with Gasteiger partial charge >= 0.3 is 5.76 Å². The van der Waals surface area contributed by atoms with Crippen LogP contribution in [0.25, 0.3) is 11.1 Å². The number of nitrogens with zero attached hydrogens (tertiary/aromatic N) is 1. The Hall–Kier alpha value is -2.98. The molecule has 0 fully saturated rings. The molecule has 1 aromatic heterocycles. The van der Waals surface area contributed by atoms with E-state index >= 15 is 0 Å². The van der Waals surface area contributed by atoms with Gasteiger partial charge in [0.15, 0.2) is 5.58 Å². The van der Waals surface area contributed by atoms with Crippen LogP contribution in [0.1, 0.15) is 19.4 Å². The molecule has 10 heteroatoms. The first kappa shape index (κ1) is 21.7. The number of aryl methyl sites for hydroxylation is 1. The number of nitrogens with one attached hydrogen (secondary N) is 2. The van der Waals surface area contributed by atoms with Crippen LogP contribution in [0.5, 0.6) is 0 Å². The number of sulfonamides is 1. The molecule has 160 valence electrons. The number of carbonyl (C=O) groups is 1. The molecule has 3 rings (SSSR count). The fraction of sp³-hybridized carbons (Fsp3) is 0.300. The lowest BCUT2D eigenvalue weighted by molar-refractivity contribution is -0.123. The molecule has 0 aliphatic carbocycles. The highest BCUT2D eigenvalue weighted by Gasteiger charge is 2.28. The van der Waals surface area contributed by atoms with E-state index in [2.05, 4.69) is 10.0 Å². The van der Waals surface area contributed by atoms with Crippen LogP contribution in [0.3, 0.4) is 0 Å². The minimum atomic E-state index is -4.06. The first-order valence-electron chi connectivity index (χ1n) is 9.22. The van der Waals surface area contributed by atoms with Gasteiger partial charge in [-0.25, -0.2) is 17.6 Å². The van der Waals surface area contributed by atoms with Crippen LogP contribution in [0, 0.1) is 11.7 Å². The molecular weight excluding hydrogens is 413 g/mol. The Bertz CT molecular complexity index is 1230. The summed E-state index contributed by atoms with van der Waals surface area (Å²) in [6.07, 6.45) is 0. The van der Waals surface area contributed by atoms with Crippen molar-refractivity contribution >= 4 is 27.0 Å². The normalized spacial score (nSPS) is 13.0. The second kappa shape index (κ2) is 8.41. The number of rotatable bonds is 7. The van der Waals surface area contributed by atoms with Crippen LogP contribution in [-0.2, 0) is 28.4 Å². The monoisotopic (exact) mass is 435 g/mol. The Kier molecular flexibility index (Phi) is 6.09. The maximum atomic E-state index is 13.0. The number of hydrogen-bond donors (Lipinski definition) is 2. The molecule has 2 N–H and O–H groups in total. The van der Waals surface area contributed by atoms with Gasteiger partial charge in [0.25, 0.3) is 0 Å². The van der Waals surface area contributed by atoms with Gasteiger partial charge in [0.2, 0.25) is 15.9 Å². The first-order chi connectivity index (χ1) is 14.1. The number of oxazole rings is 1. The van der Waals surface area contributed by atoms with Gasteiger partial charge in [-0.05, 0) is 35.7 Å². The molecule has 0 aliphatic heterocycles. The quantitative estimate of drug-likeness (QED) is 0.589. The van der Waals surface area contributed by atoms with Gasteiger partial charge in [0.05, 0.1) is 10.4 Å². The number of benzene rings is 2. The lowest BCUT2D eigenvalue weighted by Gasteiger charge is -2.21. The van der Waals surface area contributed by atoms with Crippen molar-refractivity contribution in [2.45, 2.75) is 31.3 Å². The Balaban J connectivity index is 1.78. The number of carbonyl (C=O) groups excluding carboxylic acids is 1. The molecule has 8 nitrogen and oxygen atoms in total. The third-order valence-corrected chi connectivity index (χ3v) is 6.12. The van der Waals surface area contributed by atoms with Crippen molar-refractivity contribution in [1.29, 1.82) is 0 Å². The van der Waals surface area contributed by atoms with Gasteiger partial charge in [0.1, 0.15) is 11.9 Å². The van der Waals surface area contributed by atoms with Gasteiger partial charge < -0.3 is 9.73 Å². The zero-order chi connectivity index (χ0) is 22.1. The fourth-order valence-corrected chi connectivity index (χ4v) is 4.27. The molecule has 1 unspecified atom stereocenters. The molecule has 3 aromatic rings. The average Bonchev–Trinajstić information content (AvgIpc) is 2.98. The topological polar surface area (TPSA) is 110 Å². The highest BCUT2D eigenvalue weighted by Crippen LogP contribution is 2.19. The predicted molar refractivity (Wildman–Crippen MR) is 109 cm³/mol. The first-order valence-corrected chi connectivity index (χ1v) is 10.7. The maximum absolute atomic E-state index is 13.0. The third-order valence-electron chi connectivity index (χ3n) is 4.69. The standard InChI is InChI=1S/C20H22FN3O5S/c1-12(2)18(19(25)22-11-13-4-6-14(21)7-5-13)23-30(27,28)15-8-9-16-17(10-15)29-20(26)24(16)3/h4-10,12,18,23H,11H2,1-3H3,(H,22,25). The highest BCUT2D eigenvalue weighted by molar-refractivity contribution is 7.89. The SMILES string of the molecule is CC(C)C(NS(=O)(=O)c1ccc2c(c1)oc(=O)n2C)C(=O)NCc1ccc(F)cc1. The van der Waals surface area contributed by atoms with Crippen LogP contribution >= 0.6 is 0 Å². The largest absolute Gasteiger partial charge is 0.419 e. The van der Waals surface area contributed by atoms with Crippen molar-refractivity contribution in [3.05, 3.63) is 64.4 Å². The number of hydrogen-bond acceptors (Lipinski definition) is 5.